The highest BCUT2D eigenvalue weighted by atomic mass is 127. The number of hydrogen-bond acceptors (Lipinski definition) is 4. The van der Waals surface area contributed by atoms with E-state index in [0.717, 1.165) is 3.57 Å². The zero-order valence-electron chi connectivity index (χ0n) is 14.2. The molecule has 1 rings (SSSR count). The molecule has 0 spiro atoms. The van der Waals surface area contributed by atoms with E-state index in [2.05, 4.69) is 46.5 Å². The Morgan fingerprint density at radius 3 is 2.00 bits per heavy atom. The minimum Gasteiger partial charge on any atom is -0.329 e. The van der Waals surface area contributed by atoms with Crippen molar-refractivity contribution in [3.05, 3.63) is 27.8 Å². The SMILES string of the molecule is CC(C)[C@H](CN)NC[C@@H](NS(=O)(=O)c1ccc(I)cc1)C(C)C. The Kier molecular flexibility index (Phi) is 8.43. The van der Waals surface area contributed by atoms with Gasteiger partial charge in [-0.25, -0.2) is 13.1 Å². The van der Waals surface area contributed by atoms with Gasteiger partial charge in [-0.15, -0.1) is 0 Å². The van der Waals surface area contributed by atoms with Crippen LogP contribution in [0.2, 0.25) is 0 Å². The van der Waals surface area contributed by atoms with E-state index < -0.39 is 10.0 Å². The molecule has 0 heterocycles. The number of halogens is 1. The highest BCUT2D eigenvalue weighted by Crippen LogP contribution is 2.14. The molecule has 0 aliphatic carbocycles. The molecule has 4 N–H and O–H groups in total. The van der Waals surface area contributed by atoms with Gasteiger partial charge in [-0.05, 0) is 58.7 Å². The molecule has 5 nitrogen and oxygen atoms in total. The van der Waals surface area contributed by atoms with Crippen LogP contribution in [0, 0.1) is 15.4 Å². The van der Waals surface area contributed by atoms with Gasteiger partial charge >= 0.3 is 0 Å². The molecular formula is C16H28IN3O2S. The third kappa shape index (κ3) is 6.66. The first-order valence-corrected chi connectivity index (χ1v) is 10.4. The van der Waals surface area contributed by atoms with Gasteiger partial charge in [-0.3, -0.25) is 0 Å². The fourth-order valence-electron chi connectivity index (χ4n) is 2.16. The molecule has 0 fully saturated rings. The van der Waals surface area contributed by atoms with Crippen LogP contribution in [0.15, 0.2) is 29.2 Å². The summed E-state index contributed by atoms with van der Waals surface area (Å²) in [5.74, 6) is 0.576. The third-order valence-electron chi connectivity index (χ3n) is 3.89. The Balaban J connectivity index is 2.80. The maximum absolute atomic E-state index is 12.5. The van der Waals surface area contributed by atoms with E-state index in [1.807, 2.05) is 13.8 Å². The maximum Gasteiger partial charge on any atom is 0.240 e. The van der Waals surface area contributed by atoms with Crippen LogP contribution < -0.4 is 15.8 Å². The number of hydrogen-bond donors (Lipinski definition) is 3. The van der Waals surface area contributed by atoms with Gasteiger partial charge in [0.2, 0.25) is 10.0 Å². The van der Waals surface area contributed by atoms with Gasteiger partial charge in [-0.2, -0.15) is 0 Å². The van der Waals surface area contributed by atoms with E-state index in [-0.39, 0.29) is 18.0 Å². The van der Waals surface area contributed by atoms with Crippen molar-refractivity contribution in [1.82, 2.24) is 10.0 Å². The van der Waals surface area contributed by atoms with Crippen molar-refractivity contribution >= 4 is 32.6 Å². The molecular weight excluding hydrogens is 425 g/mol. The molecule has 0 saturated carbocycles. The average molecular weight is 453 g/mol. The molecule has 0 unspecified atom stereocenters. The summed E-state index contributed by atoms with van der Waals surface area (Å²) in [6.45, 7) is 9.31. The van der Waals surface area contributed by atoms with Gasteiger partial charge < -0.3 is 11.1 Å². The topological polar surface area (TPSA) is 84.2 Å². The standard InChI is InChI=1S/C16H28IN3O2S/c1-11(2)15(9-18)19-10-16(12(3)4)20-23(21,22)14-7-5-13(17)6-8-14/h5-8,11-12,15-16,19-20H,9-10,18H2,1-4H3/t15-,16+/m0/s1. The summed E-state index contributed by atoms with van der Waals surface area (Å²) in [6.07, 6.45) is 0. The second-order valence-electron chi connectivity index (χ2n) is 6.42. The molecule has 23 heavy (non-hydrogen) atoms. The summed E-state index contributed by atoms with van der Waals surface area (Å²) >= 11 is 2.15. The number of nitrogens with two attached hydrogens (primary N) is 1. The lowest BCUT2D eigenvalue weighted by Crippen LogP contribution is -2.50. The van der Waals surface area contributed by atoms with E-state index in [9.17, 15) is 8.42 Å². The van der Waals surface area contributed by atoms with E-state index in [4.69, 9.17) is 5.73 Å². The lowest BCUT2D eigenvalue weighted by Gasteiger charge is -2.27. The summed E-state index contributed by atoms with van der Waals surface area (Å²) in [4.78, 5) is 0.294. The molecule has 2 atom stereocenters. The van der Waals surface area contributed by atoms with Gasteiger partial charge in [-0.1, -0.05) is 27.7 Å². The monoisotopic (exact) mass is 453 g/mol. The molecule has 0 bridgehead atoms. The lowest BCUT2D eigenvalue weighted by atomic mass is 10.0. The predicted molar refractivity (Wildman–Crippen MR) is 104 cm³/mol. The quantitative estimate of drug-likeness (QED) is 0.501. The van der Waals surface area contributed by atoms with Crippen LogP contribution in [-0.4, -0.2) is 33.6 Å². The van der Waals surface area contributed by atoms with Gasteiger partial charge in [0.1, 0.15) is 0 Å². The van der Waals surface area contributed by atoms with Crippen molar-refractivity contribution < 1.29 is 8.42 Å². The summed E-state index contributed by atoms with van der Waals surface area (Å²) in [5, 5.41) is 3.38. The van der Waals surface area contributed by atoms with Gasteiger partial charge in [0, 0.05) is 28.7 Å². The normalized spacial score (nSPS) is 15.1. The molecule has 1 aromatic rings. The molecule has 7 heteroatoms. The Bertz CT molecular complexity index is 573. The number of rotatable bonds is 9. The second-order valence-corrected chi connectivity index (χ2v) is 9.38. The minimum atomic E-state index is -3.52. The Hall–Kier alpha value is -0.220. The fourth-order valence-corrected chi connectivity index (χ4v) is 3.91. The molecule has 0 aromatic heterocycles. The van der Waals surface area contributed by atoms with Gasteiger partial charge in [0.05, 0.1) is 4.90 Å². The summed E-state index contributed by atoms with van der Waals surface area (Å²) in [7, 11) is -3.52. The van der Waals surface area contributed by atoms with Crippen molar-refractivity contribution in [2.45, 2.75) is 44.7 Å². The largest absolute Gasteiger partial charge is 0.329 e. The summed E-state index contributed by atoms with van der Waals surface area (Å²) in [6, 6.07) is 6.84. The zero-order valence-corrected chi connectivity index (χ0v) is 17.2. The molecule has 132 valence electrons. The Morgan fingerprint density at radius 2 is 1.57 bits per heavy atom. The van der Waals surface area contributed by atoms with Crippen LogP contribution in [0.4, 0.5) is 0 Å². The first-order chi connectivity index (χ1) is 10.7. The Labute approximate surface area is 154 Å². The average Bonchev–Trinajstić information content (AvgIpc) is 2.46. The van der Waals surface area contributed by atoms with E-state index in [0.29, 0.717) is 23.9 Å². The highest BCUT2D eigenvalue weighted by Gasteiger charge is 2.23. The van der Waals surface area contributed by atoms with Gasteiger partial charge in [0.15, 0.2) is 0 Å². The minimum absolute atomic E-state index is 0.173. The third-order valence-corrected chi connectivity index (χ3v) is 6.12. The Morgan fingerprint density at radius 1 is 1.04 bits per heavy atom. The zero-order chi connectivity index (χ0) is 17.6. The number of benzene rings is 1. The van der Waals surface area contributed by atoms with Crippen molar-refractivity contribution in [2.24, 2.45) is 17.6 Å². The summed E-state index contributed by atoms with van der Waals surface area (Å²) < 4.78 is 28.9. The van der Waals surface area contributed by atoms with Crippen LogP contribution in [0.3, 0.4) is 0 Å². The van der Waals surface area contributed by atoms with Crippen molar-refractivity contribution in [1.29, 1.82) is 0 Å². The fraction of sp³-hybridized carbons (Fsp3) is 0.625. The van der Waals surface area contributed by atoms with Gasteiger partial charge in [0.25, 0.3) is 0 Å². The van der Waals surface area contributed by atoms with E-state index >= 15 is 0 Å². The number of sulfonamides is 1. The maximum atomic E-state index is 12.5. The first kappa shape index (κ1) is 20.8. The second kappa shape index (κ2) is 9.31. The van der Waals surface area contributed by atoms with Crippen LogP contribution in [0.5, 0.6) is 0 Å². The summed E-state index contributed by atoms with van der Waals surface area (Å²) in [5.41, 5.74) is 5.77. The van der Waals surface area contributed by atoms with Crippen LogP contribution in [0.1, 0.15) is 27.7 Å². The van der Waals surface area contributed by atoms with Crippen LogP contribution in [0.25, 0.3) is 0 Å². The first-order valence-electron chi connectivity index (χ1n) is 7.88. The molecule has 1 aromatic carbocycles. The molecule has 0 radical (unpaired) electrons. The van der Waals surface area contributed by atoms with E-state index in [1.165, 1.54) is 0 Å². The molecule has 0 aliphatic heterocycles. The lowest BCUT2D eigenvalue weighted by molar-refractivity contribution is 0.354. The van der Waals surface area contributed by atoms with Crippen LogP contribution in [-0.2, 0) is 10.0 Å². The van der Waals surface area contributed by atoms with E-state index in [1.54, 1.807) is 24.3 Å². The molecule has 0 amide bonds. The van der Waals surface area contributed by atoms with Crippen molar-refractivity contribution in [2.75, 3.05) is 13.1 Å². The smallest absolute Gasteiger partial charge is 0.240 e. The van der Waals surface area contributed by atoms with Crippen molar-refractivity contribution in [3.8, 4) is 0 Å². The molecule has 0 saturated heterocycles. The molecule has 0 aliphatic rings. The number of nitrogens with one attached hydrogen (secondary N) is 2. The van der Waals surface area contributed by atoms with Crippen LogP contribution >= 0.6 is 22.6 Å². The highest BCUT2D eigenvalue weighted by molar-refractivity contribution is 14.1. The van der Waals surface area contributed by atoms with Crippen molar-refractivity contribution in [3.63, 3.8) is 0 Å². The predicted octanol–water partition coefficient (Wildman–Crippen LogP) is 2.17.